The largest absolute Gasteiger partial charge is 0.488 e. The van der Waals surface area contributed by atoms with Crippen molar-refractivity contribution in [2.24, 2.45) is 0 Å². The number of anilines is 1. The number of nitrogens with zero attached hydrogens (tertiary/aromatic N) is 5. The molecular weight excluding hydrogens is 326 g/mol. The lowest BCUT2D eigenvalue weighted by Gasteiger charge is -2.31. The van der Waals surface area contributed by atoms with Gasteiger partial charge in [-0.1, -0.05) is 28.9 Å². The van der Waals surface area contributed by atoms with Gasteiger partial charge in [-0.25, -0.2) is 4.68 Å². The van der Waals surface area contributed by atoms with Gasteiger partial charge in [0.15, 0.2) is 5.75 Å². The number of para-hydroxylation sites is 1. The molecule has 1 aliphatic rings. The number of ether oxygens (including phenoxy) is 1. The highest BCUT2D eigenvalue weighted by Gasteiger charge is 2.21. The Labute approximate surface area is 144 Å². The Bertz CT molecular complexity index is 836. The van der Waals surface area contributed by atoms with Gasteiger partial charge in [0.05, 0.1) is 36.5 Å². The number of rotatable bonds is 4. The van der Waals surface area contributed by atoms with Crippen LogP contribution in [0.1, 0.15) is 11.3 Å². The molecule has 2 aromatic heterocycles. The van der Waals surface area contributed by atoms with E-state index in [4.69, 9.17) is 16.3 Å². The third kappa shape index (κ3) is 3.05. The Hall–Kier alpha value is -2.60. The zero-order valence-electron chi connectivity index (χ0n) is 13.0. The van der Waals surface area contributed by atoms with Crippen molar-refractivity contribution in [3.8, 4) is 5.75 Å². The summed E-state index contributed by atoms with van der Waals surface area (Å²) < 4.78 is 7.51. The number of aromatic nitrogens is 4. The Morgan fingerprint density at radius 1 is 1.17 bits per heavy atom. The normalized spacial score (nSPS) is 13.5. The first-order valence-corrected chi connectivity index (χ1v) is 8.11. The van der Waals surface area contributed by atoms with Crippen molar-refractivity contribution in [2.45, 2.75) is 13.1 Å². The average Bonchev–Trinajstić information content (AvgIpc) is 3.04. The monoisotopic (exact) mass is 341 g/mol. The van der Waals surface area contributed by atoms with Gasteiger partial charge < -0.3 is 9.64 Å². The molecule has 0 amide bonds. The van der Waals surface area contributed by atoms with Gasteiger partial charge in [0, 0.05) is 12.4 Å². The molecule has 0 unspecified atom stereocenters. The Balaban J connectivity index is 1.50. The van der Waals surface area contributed by atoms with E-state index in [0.717, 1.165) is 29.2 Å². The van der Waals surface area contributed by atoms with E-state index in [2.05, 4.69) is 20.2 Å². The molecular formula is C17H16ClN5O. The number of halogens is 1. The second-order valence-corrected chi connectivity index (χ2v) is 6.03. The minimum absolute atomic E-state index is 0.612. The maximum absolute atomic E-state index is 6.22. The minimum atomic E-state index is 0.612. The molecule has 4 rings (SSSR count). The molecule has 6 nitrogen and oxygen atoms in total. The van der Waals surface area contributed by atoms with E-state index in [1.165, 1.54) is 0 Å². The zero-order chi connectivity index (χ0) is 16.4. The second-order valence-electron chi connectivity index (χ2n) is 5.63. The van der Waals surface area contributed by atoms with E-state index in [1.807, 2.05) is 47.4 Å². The Morgan fingerprint density at radius 3 is 3.00 bits per heavy atom. The molecule has 0 saturated carbocycles. The van der Waals surface area contributed by atoms with Crippen LogP contribution >= 0.6 is 11.6 Å². The molecule has 0 atom stereocenters. The first-order chi connectivity index (χ1) is 11.8. The lowest BCUT2D eigenvalue weighted by molar-refractivity contribution is 0.307. The molecule has 0 bridgehead atoms. The Kier molecular flexibility index (Phi) is 4.04. The predicted octanol–water partition coefficient (Wildman–Crippen LogP) is 2.77. The van der Waals surface area contributed by atoms with Crippen LogP contribution in [0.15, 0.2) is 48.9 Å². The summed E-state index contributed by atoms with van der Waals surface area (Å²) in [5.41, 5.74) is 3.00. The molecule has 3 aromatic rings. The maximum Gasteiger partial charge on any atom is 0.161 e. The molecule has 7 heteroatoms. The topological polar surface area (TPSA) is 56.1 Å². The number of pyridine rings is 1. The van der Waals surface area contributed by atoms with Gasteiger partial charge in [-0.2, -0.15) is 0 Å². The van der Waals surface area contributed by atoms with Crippen LogP contribution in [0.25, 0.3) is 0 Å². The van der Waals surface area contributed by atoms with Gasteiger partial charge in [-0.3, -0.25) is 4.98 Å². The highest BCUT2D eigenvalue weighted by atomic mass is 35.5. The molecule has 122 valence electrons. The van der Waals surface area contributed by atoms with Gasteiger partial charge in [0.25, 0.3) is 0 Å². The first-order valence-electron chi connectivity index (χ1n) is 7.74. The first kappa shape index (κ1) is 15.0. The van der Waals surface area contributed by atoms with E-state index in [1.54, 1.807) is 6.20 Å². The molecule has 1 aromatic carbocycles. The highest BCUT2D eigenvalue weighted by Crippen LogP contribution is 2.38. The molecule has 0 spiro atoms. The van der Waals surface area contributed by atoms with Gasteiger partial charge in [-0.15, -0.1) is 5.10 Å². The van der Waals surface area contributed by atoms with Crippen LogP contribution in [0.3, 0.4) is 0 Å². The van der Waals surface area contributed by atoms with E-state index in [0.29, 0.717) is 24.7 Å². The van der Waals surface area contributed by atoms with Crippen molar-refractivity contribution < 1.29 is 4.74 Å². The SMILES string of the molecule is Clc1cccc2c1OCCN2Cc1cn(Cc2cccnc2)nn1. The van der Waals surface area contributed by atoms with Gasteiger partial charge >= 0.3 is 0 Å². The third-order valence-corrected chi connectivity index (χ3v) is 4.20. The van der Waals surface area contributed by atoms with Crippen molar-refractivity contribution in [1.82, 2.24) is 20.0 Å². The van der Waals surface area contributed by atoms with Crippen LogP contribution in [0.2, 0.25) is 5.02 Å². The zero-order valence-corrected chi connectivity index (χ0v) is 13.7. The van der Waals surface area contributed by atoms with Crippen molar-refractivity contribution >= 4 is 17.3 Å². The fourth-order valence-corrected chi connectivity index (χ4v) is 3.02. The van der Waals surface area contributed by atoms with Crippen LogP contribution in [-0.2, 0) is 13.1 Å². The summed E-state index contributed by atoms with van der Waals surface area (Å²) in [6, 6.07) is 9.73. The van der Waals surface area contributed by atoms with Crippen molar-refractivity contribution in [2.75, 3.05) is 18.1 Å². The predicted molar refractivity (Wildman–Crippen MR) is 91.4 cm³/mol. The quantitative estimate of drug-likeness (QED) is 0.730. The second kappa shape index (κ2) is 6.49. The summed E-state index contributed by atoms with van der Waals surface area (Å²) >= 11 is 6.22. The number of benzene rings is 1. The molecule has 0 aliphatic carbocycles. The lowest BCUT2D eigenvalue weighted by Crippen LogP contribution is -2.32. The van der Waals surface area contributed by atoms with Gasteiger partial charge in [0.2, 0.25) is 0 Å². The lowest BCUT2D eigenvalue weighted by atomic mass is 10.2. The van der Waals surface area contributed by atoms with Gasteiger partial charge in [0.1, 0.15) is 12.3 Å². The van der Waals surface area contributed by atoms with E-state index < -0.39 is 0 Å². The summed E-state index contributed by atoms with van der Waals surface area (Å²) in [5, 5.41) is 9.12. The van der Waals surface area contributed by atoms with Crippen LogP contribution in [0.5, 0.6) is 5.75 Å². The molecule has 0 fully saturated rings. The highest BCUT2D eigenvalue weighted by molar-refractivity contribution is 6.32. The van der Waals surface area contributed by atoms with Crippen molar-refractivity contribution in [3.05, 3.63) is 65.2 Å². The van der Waals surface area contributed by atoms with Crippen LogP contribution in [-0.4, -0.2) is 33.1 Å². The van der Waals surface area contributed by atoms with Gasteiger partial charge in [-0.05, 0) is 23.8 Å². The fourth-order valence-electron chi connectivity index (χ4n) is 2.79. The molecule has 0 N–H and O–H groups in total. The van der Waals surface area contributed by atoms with E-state index in [-0.39, 0.29) is 0 Å². The summed E-state index contributed by atoms with van der Waals surface area (Å²) in [6.45, 7) is 2.74. The molecule has 24 heavy (non-hydrogen) atoms. The number of hydrogen-bond donors (Lipinski definition) is 0. The summed E-state index contributed by atoms with van der Waals surface area (Å²) in [4.78, 5) is 6.33. The van der Waals surface area contributed by atoms with Crippen LogP contribution in [0.4, 0.5) is 5.69 Å². The van der Waals surface area contributed by atoms with Crippen molar-refractivity contribution in [1.29, 1.82) is 0 Å². The number of fused-ring (bicyclic) bond motifs is 1. The van der Waals surface area contributed by atoms with Crippen LogP contribution < -0.4 is 9.64 Å². The molecule has 0 radical (unpaired) electrons. The molecule has 1 aliphatic heterocycles. The molecule has 0 saturated heterocycles. The smallest absolute Gasteiger partial charge is 0.161 e. The summed E-state index contributed by atoms with van der Waals surface area (Å²) in [5.74, 6) is 0.744. The van der Waals surface area contributed by atoms with Crippen molar-refractivity contribution in [3.63, 3.8) is 0 Å². The molecule has 3 heterocycles. The summed E-state index contributed by atoms with van der Waals surface area (Å²) in [7, 11) is 0. The number of hydrogen-bond acceptors (Lipinski definition) is 5. The van der Waals surface area contributed by atoms with Crippen LogP contribution in [0, 0.1) is 0 Å². The Morgan fingerprint density at radius 2 is 2.12 bits per heavy atom. The average molecular weight is 342 g/mol. The minimum Gasteiger partial charge on any atom is -0.488 e. The van der Waals surface area contributed by atoms with E-state index >= 15 is 0 Å². The third-order valence-electron chi connectivity index (χ3n) is 3.90. The fraction of sp³-hybridized carbons (Fsp3) is 0.235. The standard InChI is InChI=1S/C17H16ClN5O/c18-15-4-1-5-16-17(15)24-8-7-22(16)11-14-12-23(21-20-14)10-13-3-2-6-19-9-13/h1-6,9,12H,7-8,10-11H2. The maximum atomic E-state index is 6.22. The van der Waals surface area contributed by atoms with E-state index in [9.17, 15) is 0 Å². The summed E-state index contributed by atoms with van der Waals surface area (Å²) in [6.07, 6.45) is 5.56.